The van der Waals surface area contributed by atoms with Gasteiger partial charge < -0.3 is 5.73 Å². The summed E-state index contributed by atoms with van der Waals surface area (Å²) in [5.41, 5.74) is 5.42. The molecule has 3 nitrogen and oxygen atoms in total. The number of nitrogens with two attached hydrogens (primary N) is 1. The molecule has 0 aromatic heterocycles. The molecule has 56 valence electrons. The number of carbonyl (C=O) groups is 2. The molecule has 0 unspecified atom stereocenters. The Morgan fingerprint density at radius 2 is 2.10 bits per heavy atom. The third-order valence-corrected chi connectivity index (χ3v) is 2.46. The molecule has 2 N–H and O–H groups in total. The SMILES string of the molecule is N[C@@H]1CSC(=O)CCC1=O. The lowest BCUT2D eigenvalue weighted by Gasteiger charge is -2.01. The molecule has 1 rings (SSSR count). The maximum atomic E-state index is 10.9. The third kappa shape index (κ3) is 1.82. The lowest BCUT2D eigenvalue weighted by Crippen LogP contribution is -2.31. The van der Waals surface area contributed by atoms with E-state index < -0.39 is 6.04 Å². The molecule has 0 aliphatic carbocycles. The van der Waals surface area contributed by atoms with Crippen LogP contribution in [0.4, 0.5) is 0 Å². The van der Waals surface area contributed by atoms with Crippen LogP contribution < -0.4 is 5.73 Å². The second-order valence-electron chi connectivity index (χ2n) is 2.26. The quantitative estimate of drug-likeness (QED) is 0.537. The van der Waals surface area contributed by atoms with Gasteiger partial charge in [0.05, 0.1) is 6.04 Å². The first kappa shape index (κ1) is 7.75. The summed E-state index contributed by atoms with van der Waals surface area (Å²) in [4.78, 5) is 21.6. The van der Waals surface area contributed by atoms with E-state index in [0.29, 0.717) is 18.6 Å². The molecule has 4 heteroatoms. The van der Waals surface area contributed by atoms with Gasteiger partial charge >= 0.3 is 0 Å². The minimum atomic E-state index is -0.420. The number of Topliss-reactive ketones (excluding diaryl/α,β-unsaturated/α-hetero) is 1. The normalized spacial score (nSPS) is 28.3. The second-order valence-corrected chi connectivity index (χ2v) is 3.33. The molecule has 1 heterocycles. The molecule has 0 radical (unpaired) electrons. The molecule has 1 aliphatic rings. The zero-order chi connectivity index (χ0) is 7.56. The van der Waals surface area contributed by atoms with Gasteiger partial charge in [0.15, 0.2) is 10.9 Å². The zero-order valence-electron chi connectivity index (χ0n) is 5.50. The Labute approximate surface area is 63.3 Å². The second kappa shape index (κ2) is 3.16. The Kier molecular flexibility index (Phi) is 2.45. The van der Waals surface area contributed by atoms with Gasteiger partial charge in [0, 0.05) is 18.6 Å². The Morgan fingerprint density at radius 3 is 2.80 bits per heavy atom. The van der Waals surface area contributed by atoms with Gasteiger partial charge in [-0.3, -0.25) is 9.59 Å². The Balaban J connectivity index is 2.54. The zero-order valence-corrected chi connectivity index (χ0v) is 6.32. The third-order valence-electron chi connectivity index (χ3n) is 1.41. The summed E-state index contributed by atoms with van der Waals surface area (Å²) >= 11 is 1.17. The van der Waals surface area contributed by atoms with Crippen molar-refractivity contribution in [2.75, 3.05) is 5.75 Å². The van der Waals surface area contributed by atoms with Gasteiger partial charge in [-0.15, -0.1) is 0 Å². The van der Waals surface area contributed by atoms with Gasteiger partial charge in [-0.1, -0.05) is 11.8 Å². The molecule has 0 aromatic rings. The maximum Gasteiger partial charge on any atom is 0.189 e. The van der Waals surface area contributed by atoms with Crippen LogP contribution >= 0.6 is 11.8 Å². The molecule has 0 bridgehead atoms. The molecule has 0 spiro atoms. The highest BCUT2D eigenvalue weighted by Gasteiger charge is 2.20. The Hall–Kier alpha value is -0.350. The summed E-state index contributed by atoms with van der Waals surface area (Å²) in [6.07, 6.45) is 0.685. The van der Waals surface area contributed by atoms with Crippen molar-refractivity contribution in [2.45, 2.75) is 18.9 Å². The van der Waals surface area contributed by atoms with Crippen LogP contribution in [0.3, 0.4) is 0 Å². The van der Waals surface area contributed by atoms with E-state index in [9.17, 15) is 9.59 Å². The largest absolute Gasteiger partial charge is 0.321 e. The van der Waals surface area contributed by atoms with Crippen molar-refractivity contribution in [1.82, 2.24) is 0 Å². The van der Waals surface area contributed by atoms with Crippen LogP contribution in [0.2, 0.25) is 0 Å². The fraction of sp³-hybridized carbons (Fsp3) is 0.667. The maximum absolute atomic E-state index is 10.9. The number of thioether (sulfide) groups is 1. The van der Waals surface area contributed by atoms with Crippen molar-refractivity contribution in [3.8, 4) is 0 Å². The van der Waals surface area contributed by atoms with E-state index in [-0.39, 0.29) is 10.9 Å². The first-order chi connectivity index (χ1) is 4.70. The number of carbonyl (C=O) groups excluding carboxylic acids is 2. The first-order valence-corrected chi connectivity index (χ1v) is 4.12. The van der Waals surface area contributed by atoms with E-state index in [1.165, 1.54) is 11.8 Å². The van der Waals surface area contributed by atoms with Crippen LogP contribution in [0.25, 0.3) is 0 Å². The van der Waals surface area contributed by atoms with Crippen molar-refractivity contribution >= 4 is 22.7 Å². The molecule has 0 saturated carbocycles. The fourth-order valence-electron chi connectivity index (χ4n) is 0.758. The van der Waals surface area contributed by atoms with Crippen LogP contribution in [0, 0.1) is 0 Å². The standard InChI is InChI=1S/C6H9NO2S/c7-4-3-10-6(9)2-1-5(4)8/h4H,1-3,7H2/t4-/m1/s1. The number of hydrogen-bond donors (Lipinski definition) is 1. The highest BCUT2D eigenvalue weighted by molar-refractivity contribution is 8.13. The summed E-state index contributed by atoms with van der Waals surface area (Å²) in [6.45, 7) is 0. The molecular weight excluding hydrogens is 150 g/mol. The van der Waals surface area contributed by atoms with Gasteiger partial charge in [0.2, 0.25) is 0 Å². The van der Waals surface area contributed by atoms with Crippen molar-refractivity contribution < 1.29 is 9.59 Å². The number of hydrogen-bond acceptors (Lipinski definition) is 4. The Morgan fingerprint density at radius 1 is 1.40 bits per heavy atom. The van der Waals surface area contributed by atoms with Crippen LogP contribution in [0.5, 0.6) is 0 Å². The summed E-state index contributed by atoms with van der Waals surface area (Å²) in [7, 11) is 0. The van der Waals surface area contributed by atoms with E-state index in [4.69, 9.17) is 5.73 Å². The molecule has 10 heavy (non-hydrogen) atoms. The van der Waals surface area contributed by atoms with E-state index >= 15 is 0 Å². The van der Waals surface area contributed by atoms with Gasteiger partial charge in [0.1, 0.15) is 0 Å². The average molecular weight is 159 g/mol. The average Bonchev–Trinajstić information content (AvgIpc) is 2.04. The van der Waals surface area contributed by atoms with Crippen molar-refractivity contribution in [1.29, 1.82) is 0 Å². The molecule has 1 fully saturated rings. The molecule has 0 amide bonds. The van der Waals surface area contributed by atoms with E-state index in [0.717, 1.165) is 0 Å². The van der Waals surface area contributed by atoms with Gasteiger partial charge in [-0.05, 0) is 0 Å². The van der Waals surface area contributed by atoms with Crippen LogP contribution in [0.1, 0.15) is 12.8 Å². The first-order valence-electron chi connectivity index (χ1n) is 3.14. The fourth-order valence-corrected chi connectivity index (χ4v) is 1.56. The van der Waals surface area contributed by atoms with E-state index in [1.807, 2.05) is 0 Å². The molecule has 1 atom stereocenters. The van der Waals surface area contributed by atoms with Crippen molar-refractivity contribution in [3.05, 3.63) is 0 Å². The van der Waals surface area contributed by atoms with E-state index in [2.05, 4.69) is 0 Å². The van der Waals surface area contributed by atoms with Gasteiger partial charge in [0.25, 0.3) is 0 Å². The smallest absolute Gasteiger partial charge is 0.189 e. The lowest BCUT2D eigenvalue weighted by molar-refractivity contribution is -0.121. The minimum Gasteiger partial charge on any atom is -0.321 e. The molecule has 1 saturated heterocycles. The summed E-state index contributed by atoms with van der Waals surface area (Å²) in [5.74, 6) is 0.468. The van der Waals surface area contributed by atoms with Crippen LogP contribution in [-0.2, 0) is 9.59 Å². The van der Waals surface area contributed by atoms with Crippen LogP contribution in [-0.4, -0.2) is 22.7 Å². The van der Waals surface area contributed by atoms with Crippen molar-refractivity contribution in [2.24, 2.45) is 5.73 Å². The topological polar surface area (TPSA) is 60.2 Å². The number of rotatable bonds is 0. The van der Waals surface area contributed by atoms with E-state index in [1.54, 1.807) is 0 Å². The monoisotopic (exact) mass is 159 g/mol. The summed E-state index contributed by atoms with van der Waals surface area (Å²) < 4.78 is 0. The van der Waals surface area contributed by atoms with Crippen molar-refractivity contribution in [3.63, 3.8) is 0 Å². The van der Waals surface area contributed by atoms with Gasteiger partial charge in [-0.2, -0.15) is 0 Å². The minimum absolute atomic E-state index is 0.0124. The van der Waals surface area contributed by atoms with Crippen LogP contribution in [0.15, 0.2) is 0 Å². The predicted octanol–water partition coefficient (Wildman–Crippen LogP) is -0.0636. The molecule has 1 aliphatic heterocycles. The molecular formula is C6H9NO2S. The number of ketones is 1. The highest BCUT2D eigenvalue weighted by Crippen LogP contribution is 2.14. The molecule has 0 aromatic carbocycles. The summed E-state index contributed by atoms with van der Waals surface area (Å²) in [6, 6.07) is -0.420. The highest BCUT2D eigenvalue weighted by atomic mass is 32.2. The van der Waals surface area contributed by atoms with Gasteiger partial charge in [-0.25, -0.2) is 0 Å². The Bertz CT molecular complexity index is 169. The lowest BCUT2D eigenvalue weighted by atomic mass is 10.1. The predicted molar refractivity (Wildman–Crippen MR) is 39.7 cm³/mol. The summed E-state index contributed by atoms with van der Waals surface area (Å²) in [5, 5.41) is 0.0845.